The number of primary amides is 1. The molecular formula is C14H12N2O3S. The number of nitrogens with two attached hydrogens (primary N) is 1. The highest BCUT2D eigenvalue weighted by Crippen LogP contribution is 2.27. The Morgan fingerprint density at radius 3 is 2.50 bits per heavy atom. The zero-order chi connectivity index (χ0) is 14.5. The zero-order valence-corrected chi connectivity index (χ0v) is 11.3. The van der Waals surface area contributed by atoms with Gasteiger partial charge in [-0.05, 0) is 11.6 Å². The molecule has 2 aromatic rings. The first-order chi connectivity index (χ1) is 9.56. The van der Waals surface area contributed by atoms with Gasteiger partial charge in [0.25, 0.3) is 5.69 Å². The van der Waals surface area contributed by atoms with Crippen molar-refractivity contribution >= 4 is 23.4 Å². The van der Waals surface area contributed by atoms with E-state index in [1.165, 1.54) is 23.9 Å². The van der Waals surface area contributed by atoms with Gasteiger partial charge in [-0.3, -0.25) is 14.9 Å². The van der Waals surface area contributed by atoms with E-state index in [2.05, 4.69) is 0 Å². The third kappa shape index (κ3) is 3.58. The quantitative estimate of drug-likeness (QED) is 0.520. The number of hydrogen-bond donors (Lipinski definition) is 1. The largest absolute Gasteiger partial charge is 0.366 e. The Hall–Kier alpha value is -2.34. The topological polar surface area (TPSA) is 86.2 Å². The van der Waals surface area contributed by atoms with Gasteiger partial charge < -0.3 is 5.73 Å². The van der Waals surface area contributed by atoms with E-state index in [4.69, 9.17) is 5.73 Å². The fourth-order valence-corrected chi connectivity index (χ4v) is 2.60. The van der Waals surface area contributed by atoms with Crippen LogP contribution in [0.25, 0.3) is 0 Å². The van der Waals surface area contributed by atoms with E-state index in [0.717, 1.165) is 5.56 Å². The van der Waals surface area contributed by atoms with Crippen molar-refractivity contribution in [3.8, 4) is 0 Å². The smallest absolute Gasteiger partial charge is 0.271 e. The number of carbonyl (C=O) groups excluding carboxylic acids is 1. The summed E-state index contributed by atoms with van der Waals surface area (Å²) in [5.74, 6) is -0.00418. The lowest BCUT2D eigenvalue weighted by molar-refractivity contribution is -0.385. The molecule has 2 N–H and O–H groups in total. The number of non-ortho nitro benzene ring substituents is 1. The summed E-state index contributed by atoms with van der Waals surface area (Å²) < 4.78 is 0. The Labute approximate surface area is 119 Å². The summed E-state index contributed by atoms with van der Waals surface area (Å²) in [5, 5.41) is 10.8. The van der Waals surface area contributed by atoms with Crippen LogP contribution in [-0.4, -0.2) is 10.8 Å². The minimum atomic E-state index is -0.671. The van der Waals surface area contributed by atoms with Crippen LogP contribution in [0.5, 0.6) is 0 Å². The van der Waals surface area contributed by atoms with Crippen LogP contribution < -0.4 is 5.73 Å². The van der Waals surface area contributed by atoms with Gasteiger partial charge in [-0.1, -0.05) is 30.3 Å². The first-order valence-electron chi connectivity index (χ1n) is 5.82. The van der Waals surface area contributed by atoms with Crippen LogP contribution in [0.15, 0.2) is 53.4 Å². The number of amides is 1. The monoisotopic (exact) mass is 288 g/mol. The summed E-state index contributed by atoms with van der Waals surface area (Å²) in [4.78, 5) is 22.2. The fourth-order valence-electron chi connectivity index (χ4n) is 1.66. The van der Waals surface area contributed by atoms with Gasteiger partial charge in [0, 0.05) is 28.3 Å². The van der Waals surface area contributed by atoms with Gasteiger partial charge in [-0.15, -0.1) is 11.8 Å². The molecule has 102 valence electrons. The minimum absolute atomic E-state index is 0.128. The Morgan fingerprint density at radius 2 is 1.90 bits per heavy atom. The molecule has 0 spiro atoms. The molecule has 0 saturated carbocycles. The van der Waals surface area contributed by atoms with Gasteiger partial charge in [0.1, 0.15) is 0 Å². The van der Waals surface area contributed by atoms with Crippen molar-refractivity contribution < 1.29 is 9.72 Å². The van der Waals surface area contributed by atoms with Gasteiger partial charge in [-0.25, -0.2) is 0 Å². The highest BCUT2D eigenvalue weighted by Gasteiger charge is 2.13. The Balaban J connectivity index is 2.22. The third-order valence-corrected chi connectivity index (χ3v) is 3.68. The summed E-state index contributed by atoms with van der Waals surface area (Å²) >= 11 is 1.42. The van der Waals surface area contributed by atoms with Gasteiger partial charge in [0.15, 0.2) is 0 Å². The van der Waals surface area contributed by atoms with Crippen LogP contribution in [0, 0.1) is 10.1 Å². The van der Waals surface area contributed by atoms with Crippen LogP contribution in [-0.2, 0) is 5.75 Å². The van der Waals surface area contributed by atoms with Gasteiger partial charge in [0.2, 0.25) is 5.91 Å². The SMILES string of the molecule is NC(=O)c1cc(SCc2ccccc2)cc([N+](=O)[O-])c1. The molecule has 6 heteroatoms. The van der Waals surface area contributed by atoms with E-state index >= 15 is 0 Å². The molecule has 0 bridgehead atoms. The van der Waals surface area contributed by atoms with E-state index in [1.54, 1.807) is 6.07 Å². The predicted octanol–water partition coefficient (Wildman–Crippen LogP) is 2.99. The number of nitro benzene ring substituents is 1. The van der Waals surface area contributed by atoms with E-state index in [-0.39, 0.29) is 11.3 Å². The first-order valence-corrected chi connectivity index (χ1v) is 6.81. The number of benzene rings is 2. The van der Waals surface area contributed by atoms with Crippen LogP contribution in [0.4, 0.5) is 5.69 Å². The summed E-state index contributed by atoms with van der Waals surface area (Å²) in [6, 6.07) is 13.9. The predicted molar refractivity (Wildman–Crippen MR) is 77.6 cm³/mol. The molecule has 0 unspecified atom stereocenters. The average Bonchev–Trinajstić information content (AvgIpc) is 2.45. The third-order valence-electron chi connectivity index (χ3n) is 2.63. The van der Waals surface area contributed by atoms with E-state index in [0.29, 0.717) is 10.6 Å². The van der Waals surface area contributed by atoms with E-state index < -0.39 is 10.8 Å². The maximum absolute atomic E-state index is 11.2. The van der Waals surface area contributed by atoms with E-state index in [1.807, 2.05) is 30.3 Å². The molecule has 0 aliphatic heterocycles. The lowest BCUT2D eigenvalue weighted by atomic mass is 10.2. The lowest BCUT2D eigenvalue weighted by Crippen LogP contribution is -2.11. The Morgan fingerprint density at radius 1 is 1.20 bits per heavy atom. The van der Waals surface area contributed by atoms with E-state index in [9.17, 15) is 14.9 Å². The number of carbonyl (C=O) groups is 1. The molecule has 0 aliphatic carbocycles. The number of nitro groups is 1. The molecule has 0 fully saturated rings. The molecule has 2 aromatic carbocycles. The molecule has 0 atom stereocenters. The molecular weight excluding hydrogens is 276 g/mol. The molecule has 1 amide bonds. The Kier molecular flexibility index (Phi) is 4.37. The van der Waals surface area contributed by atoms with Crippen LogP contribution in [0.2, 0.25) is 0 Å². The van der Waals surface area contributed by atoms with Crippen molar-refractivity contribution in [1.29, 1.82) is 0 Å². The number of thioether (sulfide) groups is 1. The van der Waals surface area contributed by atoms with Crippen molar-refractivity contribution in [2.24, 2.45) is 5.73 Å². The maximum Gasteiger partial charge on any atom is 0.271 e. The maximum atomic E-state index is 11.2. The summed E-state index contributed by atoms with van der Waals surface area (Å²) in [6.07, 6.45) is 0. The average molecular weight is 288 g/mol. The molecule has 0 radical (unpaired) electrons. The number of nitrogens with zero attached hydrogens (tertiary/aromatic N) is 1. The van der Waals surface area contributed by atoms with Crippen molar-refractivity contribution in [2.45, 2.75) is 10.6 Å². The standard InChI is InChI=1S/C14H12N2O3S/c15-14(17)11-6-12(16(18)19)8-13(7-11)20-9-10-4-2-1-3-5-10/h1-8H,9H2,(H2,15,17). The summed E-state index contributed by atoms with van der Waals surface area (Å²) in [6.45, 7) is 0. The molecule has 20 heavy (non-hydrogen) atoms. The molecule has 0 saturated heterocycles. The molecule has 2 rings (SSSR count). The van der Waals surface area contributed by atoms with Gasteiger partial charge in [-0.2, -0.15) is 0 Å². The van der Waals surface area contributed by atoms with Crippen molar-refractivity contribution in [1.82, 2.24) is 0 Å². The van der Waals surface area contributed by atoms with Crippen LogP contribution in [0.3, 0.4) is 0 Å². The lowest BCUT2D eigenvalue weighted by Gasteiger charge is -2.04. The summed E-state index contributed by atoms with van der Waals surface area (Å²) in [7, 11) is 0. The second kappa shape index (κ2) is 6.21. The second-order valence-corrected chi connectivity index (χ2v) is 5.16. The Bertz CT molecular complexity index is 612. The minimum Gasteiger partial charge on any atom is -0.366 e. The first kappa shape index (κ1) is 14.1. The second-order valence-electron chi connectivity index (χ2n) is 4.11. The van der Waals surface area contributed by atoms with Crippen molar-refractivity contribution in [3.63, 3.8) is 0 Å². The molecule has 5 nitrogen and oxygen atoms in total. The number of hydrogen-bond acceptors (Lipinski definition) is 4. The molecule has 0 aromatic heterocycles. The molecule has 0 heterocycles. The van der Waals surface area contributed by atoms with Crippen molar-refractivity contribution in [2.75, 3.05) is 0 Å². The van der Waals surface area contributed by atoms with Gasteiger partial charge in [0.05, 0.1) is 4.92 Å². The zero-order valence-electron chi connectivity index (χ0n) is 10.5. The molecule has 0 aliphatic rings. The highest BCUT2D eigenvalue weighted by molar-refractivity contribution is 7.98. The fraction of sp³-hybridized carbons (Fsp3) is 0.0714. The van der Waals surface area contributed by atoms with Crippen molar-refractivity contribution in [3.05, 3.63) is 69.8 Å². The number of rotatable bonds is 5. The van der Waals surface area contributed by atoms with Crippen LogP contribution in [0.1, 0.15) is 15.9 Å². The van der Waals surface area contributed by atoms with Gasteiger partial charge >= 0.3 is 0 Å². The normalized spacial score (nSPS) is 10.2. The summed E-state index contributed by atoms with van der Waals surface area (Å²) in [5.41, 5.74) is 6.31. The highest BCUT2D eigenvalue weighted by atomic mass is 32.2. The van der Waals surface area contributed by atoms with Crippen LogP contribution >= 0.6 is 11.8 Å².